The van der Waals surface area contributed by atoms with Crippen LogP contribution in [0.3, 0.4) is 0 Å². The van der Waals surface area contributed by atoms with Crippen LogP contribution in [-0.4, -0.2) is 30.3 Å². The lowest BCUT2D eigenvalue weighted by Gasteiger charge is -2.07. The number of rotatable bonds is 6. The minimum Gasteiger partial charge on any atom is -0.361 e. The largest absolute Gasteiger partial charge is 0.361 e. The molecule has 0 aromatic carbocycles. The average Bonchev–Trinajstić information content (AvgIpc) is 3.30. The van der Waals surface area contributed by atoms with E-state index < -0.39 is 4.92 Å². The molecule has 3 aromatic rings. The van der Waals surface area contributed by atoms with Crippen molar-refractivity contribution in [3.05, 3.63) is 51.6 Å². The van der Waals surface area contributed by atoms with E-state index in [1.54, 1.807) is 12.3 Å². The fourth-order valence-electron chi connectivity index (χ4n) is 2.39. The summed E-state index contributed by atoms with van der Waals surface area (Å²) in [5, 5.41) is 17.8. The van der Waals surface area contributed by atoms with Crippen LogP contribution in [0.25, 0.3) is 5.65 Å². The van der Waals surface area contributed by atoms with E-state index in [9.17, 15) is 10.1 Å². The van der Waals surface area contributed by atoms with Gasteiger partial charge in [-0.25, -0.2) is 9.97 Å². The fourth-order valence-corrected chi connectivity index (χ4v) is 2.56. The summed E-state index contributed by atoms with van der Waals surface area (Å²) in [6, 6.07) is 3.85. The van der Waals surface area contributed by atoms with Gasteiger partial charge in [-0.3, -0.25) is 10.1 Å². The summed E-state index contributed by atoms with van der Waals surface area (Å²) in [5.74, 6) is 0.552. The van der Waals surface area contributed by atoms with Crippen LogP contribution in [0.5, 0.6) is 0 Å². The SMILES string of the molecule is O=[N+]([O-])c1cnc(NCc2cn3cc(Cl)ccc3n2)nc1NC1CC1. The maximum Gasteiger partial charge on any atom is 0.329 e. The first-order valence-corrected chi connectivity index (χ1v) is 8.11. The highest BCUT2D eigenvalue weighted by molar-refractivity contribution is 6.30. The van der Waals surface area contributed by atoms with Crippen LogP contribution in [0, 0.1) is 10.1 Å². The molecular weight excluding hydrogens is 346 g/mol. The number of aromatic nitrogens is 4. The van der Waals surface area contributed by atoms with Crippen molar-refractivity contribution in [3.63, 3.8) is 0 Å². The molecule has 0 spiro atoms. The van der Waals surface area contributed by atoms with E-state index in [2.05, 4.69) is 25.6 Å². The lowest BCUT2D eigenvalue weighted by atomic mass is 10.4. The molecule has 1 aliphatic rings. The molecular formula is C15H14ClN7O2. The summed E-state index contributed by atoms with van der Waals surface area (Å²) < 4.78 is 1.83. The zero-order valence-electron chi connectivity index (χ0n) is 13.0. The Kier molecular flexibility index (Phi) is 3.85. The summed E-state index contributed by atoms with van der Waals surface area (Å²) in [4.78, 5) is 23.3. The molecule has 128 valence electrons. The van der Waals surface area contributed by atoms with Crippen molar-refractivity contribution in [3.8, 4) is 0 Å². The average molecular weight is 360 g/mol. The summed E-state index contributed by atoms with van der Waals surface area (Å²) in [6.07, 6.45) is 6.82. The van der Waals surface area contributed by atoms with Gasteiger partial charge in [0.05, 0.1) is 22.2 Å². The van der Waals surface area contributed by atoms with Crippen molar-refractivity contribution in [1.82, 2.24) is 19.4 Å². The number of hydrogen-bond acceptors (Lipinski definition) is 7. The first kappa shape index (κ1) is 15.6. The molecule has 3 aromatic heterocycles. The van der Waals surface area contributed by atoms with E-state index in [1.165, 1.54) is 6.20 Å². The number of nitrogens with zero attached hydrogens (tertiary/aromatic N) is 5. The lowest BCUT2D eigenvalue weighted by molar-refractivity contribution is -0.384. The number of halogens is 1. The van der Waals surface area contributed by atoms with Gasteiger partial charge in [-0.15, -0.1) is 0 Å². The van der Waals surface area contributed by atoms with E-state index in [0.717, 1.165) is 24.2 Å². The van der Waals surface area contributed by atoms with Gasteiger partial charge < -0.3 is 15.0 Å². The topological polar surface area (TPSA) is 110 Å². The molecule has 1 fully saturated rings. The molecule has 10 heteroatoms. The highest BCUT2D eigenvalue weighted by Crippen LogP contribution is 2.29. The van der Waals surface area contributed by atoms with Gasteiger partial charge in [0.15, 0.2) is 0 Å². The van der Waals surface area contributed by atoms with Crippen molar-refractivity contribution in [2.45, 2.75) is 25.4 Å². The molecule has 1 saturated carbocycles. The van der Waals surface area contributed by atoms with Gasteiger partial charge in [-0.2, -0.15) is 4.98 Å². The minimum atomic E-state index is -0.486. The second kappa shape index (κ2) is 6.17. The number of hydrogen-bond donors (Lipinski definition) is 2. The van der Waals surface area contributed by atoms with Crippen LogP contribution < -0.4 is 10.6 Å². The zero-order chi connectivity index (χ0) is 17.4. The summed E-state index contributed by atoms with van der Waals surface area (Å²) >= 11 is 5.96. The number of fused-ring (bicyclic) bond motifs is 1. The van der Waals surface area contributed by atoms with Crippen molar-refractivity contribution in [1.29, 1.82) is 0 Å². The lowest BCUT2D eigenvalue weighted by Crippen LogP contribution is -2.10. The molecule has 3 heterocycles. The molecule has 25 heavy (non-hydrogen) atoms. The summed E-state index contributed by atoms with van der Waals surface area (Å²) in [5.41, 5.74) is 1.43. The Balaban J connectivity index is 1.52. The Morgan fingerprint density at radius 3 is 2.92 bits per heavy atom. The quantitative estimate of drug-likeness (QED) is 0.514. The Hall–Kier alpha value is -2.94. The van der Waals surface area contributed by atoms with Crippen molar-refractivity contribution >= 4 is 34.7 Å². The van der Waals surface area contributed by atoms with E-state index >= 15 is 0 Å². The zero-order valence-corrected chi connectivity index (χ0v) is 13.8. The number of pyridine rings is 1. The number of anilines is 2. The van der Waals surface area contributed by atoms with Gasteiger partial charge in [0.1, 0.15) is 11.8 Å². The van der Waals surface area contributed by atoms with Gasteiger partial charge in [0.2, 0.25) is 11.8 Å². The first-order valence-electron chi connectivity index (χ1n) is 7.73. The highest BCUT2D eigenvalue weighted by atomic mass is 35.5. The van der Waals surface area contributed by atoms with Crippen LogP contribution in [0.4, 0.5) is 17.5 Å². The van der Waals surface area contributed by atoms with Gasteiger partial charge in [-0.05, 0) is 25.0 Å². The van der Waals surface area contributed by atoms with E-state index in [1.807, 2.05) is 16.7 Å². The predicted molar refractivity (Wildman–Crippen MR) is 92.9 cm³/mol. The smallest absolute Gasteiger partial charge is 0.329 e. The van der Waals surface area contributed by atoms with Gasteiger partial charge in [-0.1, -0.05) is 11.6 Å². The van der Waals surface area contributed by atoms with Crippen molar-refractivity contribution < 1.29 is 4.92 Å². The molecule has 0 amide bonds. The molecule has 9 nitrogen and oxygen atoms in total. The normalized spacial score (nSPS) is 13.8. The van der Waals surface area contributed by atoms with Crippen molar-refractivity contribution in [2.24, 2.45) is 0 Å². The standard InChI is InChI=1S/C15H14ClN7O2/c16-9-1-4-13-19-11(8-22(13)7-9)5-17-15-18-6-12(23(24)25)14(21-15)20-10-2-3-10/h1,4,6-8,10H,2-3,5H2,(H2,17,18,20,21). The van der Waals surface area contributed by atoms with Crippen LogP contribution in [0.2, 0.25) is 5.02 Å². The van der Waals surface area contributed by atoms with Gasteiger partial charge in [0.25, 0.3) is 0 Å². The van der Waals surface area contributed by atoms with E-state index in [0.29, 0.717) is 17.5 Å². The van der Waals surface area contributed by atoms with Crippen LogP contribution in [0.15, 0.2) is 30.7 Å². The first-order chi connectivity index (χ1) is 12.1. The molecule has 0 saturated heterocycles. The summed E-state index contributed by atoms with van der Waals surface area (Å²) in [6.45, 7) is 0.389. The Morgan fingerprint density at radius 2 is 2.16 bits per heavy atom. The number of imidazole rings is 1. The molecule has 0 radical (unpaired) electrons. The molecule has 2 N–H and O–H groups in total. The van der Waals surface area contributed by atoms with E-state index in [-0.39, 0.29) is 17.5 Å². The molecule has 0 bridgehead atoms. The minimum absolute atomic E-state index is 0.125. The van der Waals surface area contributed by atoms with Crippen molar-refractivity contribution in [2.75, 3.05) is 10.6 Å². The number of nitro groups is 1. The predicted octanol–water partition coefficient (Wildman–Crippen LogP) is 2.87. The molecule has 0 atom stereocenters. The maximum absolute atomic E-state index is 11.1. The number of nitrogens with one attached hydrogen (secondary N) is 2. The third kappa shape index (κ3) is 3.45. The molecule has 1 aliphatic carbocycles. The van der Waals surface area contributed by atoms with Gasteiger partial charge in [0, 0.05) is 18.4 Å². The van der Waals surface area contributed by atoms with Crippen LogP contribution in [0.1, 0.15) is 18.5 Å². The molecule has 0 aliphatic heterocycles. The Labute approximate surface area is 147 Å². The summed E-state index contributed by atoms with van der Waals surface area (Å²) in [7, 11) is 0. The molecule has 4 rings (SSSR count). The van der Waals surface area contributed by atoms with Gasteiger partial charge >= 0.3 is 5.69 Å². The van der Waals surface area contributed by atoms with Crippen LogP contribution >= 0.6 is 11.6 Å². The van der Waals surface area contributed by atoms with E-state index in [4.69, 9.17) is 11.6 Å². The Morgan fingerprint density at radius 1 is 1.32 bits per heavy atom. The third-order valence-corrected chi connectivity index (χ3v) is 4.00. The van der Waals surface area contributed by atoms with Crippen LogP contribution in [-0.2, 0) is 6.54 Å². The second-order valence-corrected chi connectivity index (χ2v) is 6.24. The highest BCUT2D eigenvalue weighted by Gasteiger charge is 2.26. The molecule has 0 unspecified atom stereocenters. The Bertz CT molecular complexity index is 954. The monoisotopic (exact) mass is 359 g/mol. The third-order valence-electron chi connectivity index (χ3n) is 3.78. The fraction of sp³-hybridized carbons (Fsp3) is 0.267. The maximum atomic E-state index is 11.1. The second-order valence-electron chi connectivity index (χ2n) is 5.80.